The molecule has 0 radical (unpaired) electrons. The van der Waals surface area contributed by atoms with Crippen LogP contribution in [-0.2, 0) is 10.5 Å². The Morgan fingerprint density at radius 3 is 2.79 bits per heavy atom. The number of furan rings is 1. The molecule has 1 amide bonds. The van der Waals surface area contributed by atoms with Gasteiger partial charge in [0.25, 0.3) is 0 Å². The SMILES string of the molecule is O=C(CSCc1csc(-c2ccco2)n1)Nc1cc(F)cc(F)c1. The summed E-state index contributed by atoms with van der Waals surface area (Å²) in [5.74, 6) is -0.362. The second-order valence-corrected chi connectivity index (χ2v) is 6.66. The van der Waals surface area contributed by atoms with Gasteiger partial charge in [-0.15, -0.1) is 23.1 Å². The third-order valence-corrected chi connectivity index (χ3v) is 4.78. The van der Waals surface area contributed by atoms with E-state index < -0.39 is 11.6 Å². The normalized spacial score (nSPS) is 10.8. The molecular formula is C16H12F2N2O2S2. The summed E-state index contributed by atoms with van der Waals surface area (Å²) in [4.78, 5) is 16.2. The van der Waals surface area contributed by atoms with Crippen LogP contribution in [0, 0.1) is 11.6 Å². The van der Waals surface area contributed by atoms with Gasteiger partial charge in [0.15, 0.2) is 10.8 Å². The minimum absolute atomic E-state index is 0.104. The zero-order valence-electron chi connectivity index (χ0n) is 12.3. The molecule has 2 heterocycles. The quantitative estimate of drug-likeness (QED) is 0.695. The largest absolute Gasteiger partial charge is 0.462 e. The minimum atomic E-state index is -0.731. The van der Waals surface area contributed by atoms with Gasteiger partial charge in [0.1, 0.15) is 11.6 Å². The Labute approximate surface area is 144 Å². The average Bonchev–Trinajstić information content (AvgIpc) is 3.17. The first-order valence-corrected chi connectivity index (χ1v) is 8.95. The molecule has 124 valence electrons. The molecule has 4 nitrogen and oxygen atoms in total. The van der Waals surface area contributed by atoms with Gasteiger partial charge in [-0.25, -0.2) is 13.8 Å². The maximum Gasteiger partial charge on any atom is 0.234 e. The van der Waals surface area contributed by atoms with Gasteiger partial charge >= 0.3 is 0 Å². The van der Waals surface area contributed by atoms with Crippen molar-refractivity contribution in [2.75, 3.05) is 11.1 Å². The summed E-state index contributed by atoms with van der Waals surface area (Å²) < 4.78 is 31.4. The van der Waals surface area contributed by atoms with Crippen LogP contribution < -0.4 is 5.32 Å². The third-order valence-electron chi connectivity index (χ3n) is 2.91. The van der Waals surface area contributed by atoms with Crippen molar-refractivity contribution >= 4 is 34.7 Å². The molecule has 0 bridgehead atoms. The second kappa shape index (κ2) is 7.59. The number of benzene rings is 1. The van der Waals surface area contributed by atoms with Gasteiger partial charge in [0.2, 0.25) is 5.91 Å². The lowest BCUT2D eigenvalue weighted by Crippen LogP contribution is -2.14. The lowest BCUT2D eigenvalue weighted by molar-refractivity contribution is -0.113. The highest BCUT2D eigenvalue weighted by Gasteiger charge is 2.09. The zero-order chi connectivity index (χ0) is 16.9. The molecular weight excluding hydrogens is 354 g/mol. The maximum absolute atomic E-state index is 13.1. The van der Waals surface area contributed by atoms with Crippen molar-refractivity contribution in [1.82, 2.24) is 4.98 Å². The molecule has 3 rings (SSSR count). The van der Waals surface area contributed by atoms with Gasteiger partial charge < -0.3 is 9.73 Å². The van der Waals surface area contributed by atoms with Gasteiger partial charge in [-0.3, -0.25) is 4.79 Å². The van der Waals surface area contributed by atoms with Gasteiger partial charge in [-0.1, -0.05) is 0 Å². The smallest absolute Gasteiger partial charge is 0.234 e. The van der Waals surface area contributed by atoms with Crippen molar-refractivity contribution in [2.24, 2.45) is 0 Å². The molecule has 0 aliphatic rings. The molecule has 1 aromatic carbocycles. The molecule has 0 aliphatic heterocycles. The van der Waals surface area contributed by atoms with Crippen molar-refractivity contribution in [2.45, 2.75) is 5.75 Å². The van der Waals surface area contributed by atoms with Gasteiger partial charge in [0, 0.05) is 22.9 Å². The lowest BCUT2D eigenvalue weighted by atomic mass is 10.3. The predicted octanol–water partition coefficient (Wildman–Crippen LogP) is 4.55. The van der Waals surface area contributed by atoms with Crippen molar-refractivity contribution in [3.63, 3.8) is 0 Å². The van der Waals surface area contributed by atoms with Gasteiger partial charge in [-0.2, -0.15) is 0 Å². The fourth-order valence-electron chi connectivity index (χ4n) is 1.96. The fourth-order valence-corrected chi connectivity index (χ4v) is 3.57. The van der Waals surface area contributed by atoms with Crippen molar-refractivity contribution in [1.29, 1.82) is 0 Å². The molecule has 0 saturated heterocycles. The Balaban J connectivity index is 1.48. The number of nitrogens with one attached hydrogen (secondary N) is 1. The molecule has 1 N–H and O–H groups in total. The minimum Gasteiger partial charge on any atom is -0.462 e. The molecule has 2 aromatic heterocycles. The number of nitrogens with zero attached hydrogens (tertiary/aromatic N) is 1. The van der Waals surface area contributed by atoms with E-state index in [2.05, 4.69) is 10.3 Å². The van der Waals surface area contributed by atoms with Crippen LogP contribution in [0.25, 0.3) is 10.8 Å². The number of hydrogen-bond acceptors (Lipinski definition) is 5. The highest BCUT2D eigenvalue weighted by molar-refractivity contribution is 7.99. The summed E-state index contributed by atoms with van der Waals surface area (Å²) in [7, 11) is 0. The molecule has 0 spiro atoms. The number of thioether (sulfide) groups is 1. The standard InChI is InChI=1S/C16H12F2N2O2S2/c17-10-4-11(18)6-12(5-10)19-15(21)9-23-7-13-8-24-16(20-13)14-2-1-3-22-14/h1-6,8H,7,9H2,(H,19,21). The number of carbonyl (C=O) groups excluding carboxylic acids is 1. The van der Waals surface area contributed by atoms with Crippen LogP contribution in [0.15, 0.2) is 46.4 Å². The van der Waals surface area contributed by atoms with Crippen LogP contribution in [0.3, 0.4) is 0 Å². The molecule has 0 aliphatic carbocycles. The Bertz CT molecular complexity index is 814. The molecule has 24 heavy (non-hydrogen) atoms. The lowest BCUT2D eigenvalue weighted by Gasteiger charge is -2.05. The van der Waals surface area contributed by atoms with Crippen LogP contribution in [0.2, 0.25) is 0 Å². The van der Waals surface area contributed by atoms with Crippen LogP contribution in [0.4, 0.5) is 14.5 Å². The Hall–Kier alpha value is -2.19. The summed E-state index contributed by atoms with van der Waals surface area (Å²) >= 11 is 2.84. The van der Waals surface area contributed by atoms with Crippen molar-refractivity contribution in [3.8, 4) is 10.8 Å². The second-order valence-electron chi connectivity index (χ2n) is 4.82. The Kier molecular flexibility index (Phi) is 5.27. The van der Waals surface area contributed by atoms with E-state index >= 15 is 0 Å². The van der Waals surface area contributed by atoms with E-state index in [1.54, 1.807) is 12.3 Å². The molecule has 0 fully saturated rings. The summed E-state index contributed by atoms with van der Waals surface area (Å²) in [5, 5.41) is 5.16. The predicted molar refractivity (Wildman–Crippen MR) is 91.0 cm³/mol. The van der Waals surface area contributed by atoms with E-state index in [0.29, 0.717) is 11.5 Å². The highest BCUT2D eigenvalue weighted by Crippen LogP contribution is 2.25. The molecule has 8 heteroatoms. The Morgan fingerprint density at radius 2 is 2.08 bits per heavy atom. The van der Waals surface area contributed by atoms with Gasteiger partial charge in [0.05, 0.1) is 17.7 Å². The fraction of sp³-hybridized carbons (Fsp3) is 0.125. The third kappa shape index (κ3) is 4.42. The average molecular weight is 366 g/mol. The summed E-state index contributed by atoms with van der Waals surface area (Å²) in [6.45, 7) is 0. The van der Waals surface area contributed by atoms with Crippen LogP contribution in [0.1, 0.15) is 5.69 Å². The topological polar surface area (TPSA) is 55.1 Å². The van der Waals surface area contributed by atoms with Gasteiger partial charge in [-0.05, 0) is 24.3 Å². The van der Waals surface area contributed by atoms with Crippen molar-refractivity contribution in [3.05, 3.63) is 59.3 Å². The van der Waals surface area contributed by atoms with E-state index in [0.717, 1.165) is 28.9 Å². The van der Waals surface area contributed by atoms with E-state index in [1.165, 1.54) is 23.1 Å². The maximum atomic E-state index is 13.1. The van der Waals surface area contributed by atoms with E-state index in [9.17, 15) is 13.6 Å². The number of thiazole rings is 1. The zero-order valence-corrected chi connectivity index (χ0v) is 13.9. The number of carbonyl (C=O) groups is 1. The molecule has 0 atom stereocenters. The number of halogens is 2. The van der Waals surface area contributed by atoms with Crippen LogP contribution >= 0.6 is 23.1 Å². The first-order valence-electron chi connectivity index (χ1n) is 6.92. The monoisotopic (exact) mass is 366 g/mol. The first kappa shape index (κ1) is 16.7. The summed E-state index contributed by atoms with van der Waals surface area (Å²) in [6, 6.07) is 6.53. The Morgan fingerprint density at radius 1 is 1.29 bits per heavy atom. The number of amides is 1. The number of hydrogen-bond donors (Lipinski definition) is 1. The first-order chi connectivity index (χ1) is 11.6. The molecule has 0 unspecified atom stereocenters. The summed E-state index contributed by atoms with van der Waals surface area (Å²) in [6.07, 6.45) is 1.59. The van der Waals surface area contributed by atoms with Crippen LogP contribution in [-0.4, -0.2) is 16.6 Å². The van der Waals surface area contributed by atoms with E-state index in [1.807, 2.05) is 11.4 Å². The molecule has 3 aromatic rings. The number of rotatable bonds is 6. The van der Waals surface area contributed by atoms with Crippen LogP contribution in [0.5, 0.6) is 0 Å². The summed E-state index contributed by atoms with van der Waals surface area (Å²) in [5.41, 5.74) is 0.952. The van der Waals surface area contributed by atoms with E-state index in [4.69, 9.17) is 4.42 Å². The molecule has 0 saturated carbocycles. The highest BCUT2D eigenvalue weighted by atomic mass is 32.2. The van der Waals surface area contributed by atoms with Crippen molar-refractivity contribution < 1.29 is 18.0 Å². The number of anilines is 1. The number of aromatic nitrogens is 1. The van der Waals surface area contributed by atoms with E-state index in [-0.39, 0.29) is 17.3 Å².